The predicted octanol–water partition coefficient (Wildman–Crippen LogP) is 5.09. The summed E-state index contributed by atoms with van der Waals surface area (Å²) in [5.41, 5.74) is 15.2. The number of nitrogen functional groups attached to an aromatic ring is 2. The molecular formula is C23H22FN5OS. The number of nitrogens with zero attached hydrogens (tertiary/aromatic N) is 3. The van der Waals surface area contributed by atoms with Crippen molar-refractivity contribution in [2.24, 2.45) is 0 Å². The summed E-state index contributed by atoms with van der Waals surface area (Å²) in [6, 6.07) is 14.3. The van der Waals surface area contributed by atoms with Gasteiger partial charge in [-0.2, -0.15) is 10.2 Å². The average Bonchev–Trinajstić information content (AvgIpc) is 2.76. The van der Waals surface area contributed by atoms with Gasteiger partial charge >= 0.3 is 0 Å². The van der Waals surface area contributed by atoms with Gasteiger partial charge in [0, 0.05) is 35.3 Å². The van der Waals surface area contributed by atoms with Gasteiger partial charge in [-0.3, -0.25) is 0 Å². The molecule has 31 heavy (non-hydrogen) atoms. The van der Waals surface area contributed by atoms with E-state index in [1.807, 2.05) is 24.3 Å². The van der Waals surface area contributed by atoms with E-state index in [-0.39, 0.29) is 34.0 Å². The van der Waals surface area contributed by atoms with Crippen molar-refractivity contribution in [3.63, 3.8) is 0 Å². The van der Waals surface area contributed by atoms with Crippen molar-refractivity contribution in [3.05, 3.63) is 65.0 Å². The number of halogens is 1. The molecule has 1 atom stereocenters. The van der Waals surface area contributed by atoms with Crippen LogP contribution >= 0.6 is 11.8 Å². The summed E-state index contributed by atoms with van der Waals surface area (Å²) >= 11 is 1.49. The van der Waals surface area contributed by atoms with Crippen LogP contribution in [0.5, 0.6) is 11.6 Å². The molecule has 1 unspecified atom stereocenters. The van der Waals surface area contributed by atoms with Crippen molar-refractivity contribution >= 4 is 29.0 Å². The van der Waals surface area contributed by atoms with E-state index in [1.54, 1.807) is 12.1 Å². The molecule has 0 saturated carbocycles. The van der Waals surface area contributed by atoms with Gasteiger partial charge < -0.3 is 21.1 Å². The molecule has 0 fully saturated rings. The van der Waals surface area contributed by atoms with Crippen LogP contribution in [0, 0.1) is 17.1 Å². The van der Waals surface area contributed by atoms with Crippen LogP contribution in [-0.2, 0) is 0 Å². The van der Waals surface area contributed by atoms with Crippen LogP contribution in [0.4, 0.5) is 21.6 Å². The van der Waals surface area contributed by atoms with Crippen LogP contribution in [0.2, 0.25) is 0 Å². The normalized spacial score (nSPS) is 14.2. The van der Waals surface area contributed by atoms with Crippen LogP contribution in [0.3, 0.4) is 0 Å². The zero-order chi connectivity index (χ0) is 22.1. The molecular weight excluding hydrogens is 413 g/mol. The van der Waals surface area contributed by atoms with E-state index in [0.717, 1.165) is 29.2 Å². The Kier molecular flexibility index (Phi) is 5.61. The Balaban J connectivity index is 1.87. The Morgan fingerprint density at radius 3 is 2.52 bits per heavy atom. The highest BCUT2D eigenvalue weighted by Gasteiger charge is 2.34. The van der Waals surface area contributed by atoms with Gasteiger partial charge in [-0.15, -0.1) is 11.8 Å². The molecule has 0 bridgehead atoms. The Morgan fingerprint density at radius 2 is 1.87 bits per heavy atom. The smallest absolute Gasteiger partial charge is 0.228 e. The highest BCUT2D eigenvalue weighted by molar-refractivity contribution is 7.99. The summed E-state index contributed by atoms with van der Waals surface area (Å²) in [6.45, 7) is 5.92. The molecule has 1 aromatic heterocycles. The maximum atomic E-state index is 13.4. The first kappa shape index (κ1) is 20.8. The van der Waals surface area contributed by atoms with Crippen molar-refractivity contribution in [3.8, 4) is 17.7 Å². The molecule has 6 nitrogen and oxygen atoms in total. The van der Waals surface area contributed by atoms with Crippen molar-refractivity contribution < 1.29 is 9.13 Å². The number of hydrogen-bond donors (Lipinski definition) is 2. The zero-order valence-corrected chi connectivity index (χ0v) is 18.0. The van der Waals surface area contributed by atoms with Crippen molar-refractivity contribution in [1.82, 2.24) is 4.98 Å². The van der Waals surface area contributed by atoms with Gasteiger partial charge in [0.15, 0.2) is 0 Å². The minimum Gasteiger partial charge on any atom is -0.438 e. The Bertz CT molecular complexity index is 1170. The van der Waals surface area contributed by atoms with Gasteiger partial charge in [-0.25, -0.2) is 4.39 Å². The van der Waals surface area contributed by atoms with Gasteiger partial charge in [0.2, 0.25) is 5.88 Å². The lowest BCUT2D eigenvalue weighted by Gasteiger charge is -2.30. The number of ether oxygens (including phenoxy) is 1. The number of thioether (sulfide) groups is 1. The minimum atomic E-state index is -0.304. The van der Waals surface area contributed by atoms with Crippen LogP contribution in [0.15, 0.2) is 47.4 Å². The lowest BCUT2D eigenvalue weighted by molar-refractivity contribution is 0.441. The fourth-order valence-corrected chi connectivity index (χ4v) is 4.94. The number of pyridine rings is 1. The molecule has 4 rings (SSSR count). The molecule has 4 N–H and O–H groups in total. The van der Waals surface area contributed by atoms with Gasteiger partial charge in [0.25, 0.3) is 0 Å². The fourth-order valence-electron chi connectivity index (χ4n) is 3.71. The van der Waals surface area contributed by atoms with E-state index in [4.69, 9.17) is 16.2 Å². The molecule has 1 aliphatic rings. The summed E-state index contributed by atoms with van der Waals surface area (Å²) in [4.78, 5) is 7.40. The standard InChI is InChI=1S/C23H22FN5OS/c1-3-29(4-2)14-7-10-16-18(11-14)30-23-19(20(26)17(12-25)22(27)28-23)21(16)31-15-8-5-13(24)6-9-15/h5-11,21H,3-4H2,1-2H3,(H4,26,27,28). The van der Waals surface area contributed by atoms with Crippen LogP contribution in [-0.4, -0.2) is 18.1 Å². The number of benzene rings is 2. The maximum absolute atomic E-state index is 13.4. The third-order valence-electron chi connectivity index (χ3n) is 5.32. The van der Waals surface area contributed by atoms with Crippen LogP contribution in [0.1, 0.15) is 35.8 Å². The molecule has 0 amide bonds. The Morgan fingerprint density at radius 1 is 1.16 bits per heavy atom. The average molecular weight is 436 g/mol. The Hall–Kier alpha value is -3.44. The summed E-state index contributed by atoms with van der Waals surface area (Å²) in [5.74, 6) is 0.680. The first-order chi connectivity index (χ1) is 15.0. The first-order valence-electron chi connectivity index (χ1n) is 9.94. The van der Waals surface area contributed by atoms with Crippen LogP contribution in [0.25, 0.3) is 0 Å². The van der Waals surface area contributed by atoms with Gasteiger partial charge in [-0.05, 0) is 44.2 Å². The molecule has 0 spiro atoms. The molecule has 3 aromatic rings. The van der Waals surface area contributed by atoms with E-state index < -0.39 is 0 Å². The minimum absolute atomic E-state index is 0.0348. The highest BCUT2D eigenvalue weighted by Crippen LogP contribution is 2.54. The second kappa shape index (κ2) is 8.36. The van der Waals surface area contributed by atoms with Crippen LogP contribution < -0.4 is 21.1 Å². The number of nitriles is 1. The summed E-state index contributed by atoms with van der Waals surface area (Å²) in [5, 5.41) is 9.21. The van der Waals surface area contributed by atoms with E-state index in [1.165, 1.54) is 23.9 Å². The lowest BCUT2D eigenvalue weighted by atomic mass is 9.98. The molecule has 0 saturated heterocycles. The van der Waals surface area contributed by atoms with Crippen molar-refractivity contribution in [2.45, 2.75) is 24.0 Å². The van der Waals surface area contributed by atoms with Gasteiger partial charge in [0.1, 0.15) is 29.0 Å². The Labute approximate surface area is 184 Å². The summed E-state index contributed by atoms with van der Waals surface area (Å²) < 4.78 is 19.5. The SMILES string of the molecule is CCN(CC)c1ccc2c(c1)Oc1nc(N)c(C#N)c(N)c1C2Sc1ccc(F)cc1. The quantitative estimate of drug-likeness (QED) is 0.575. The van der Waals surface area contributed by atoms with E-state index >= 15 is 0 Å². The van der Waals surface area contributed by atoms with E-state index in [2.05, 4.69) is 23.7 Å². The monoisotopic (exact) mass is 435 g/mol. The number of aromatic nitrogens is 1. The number of rotatable bonds is 5. The molecule has 0 radical (unpaired) electrons. The zero-order valence-electron chi connectivity index (χ0n) is 17.2. The number of fused-ring (bicyclic) bond motifs is 2. The number of anilines is 3. The van der Waals surface area contributed by atoms with Gasteiger partial charge in [-0.1, -0.05) is 6.07 Å². The fraction of sp³-hybridized carbons (Fsp3) is 0.217. The molecule has 158 valence electrons. The molecule has 8 heteroatoms. The lowest BCUT2D eigenvalue weighted by Crippen LogP contribution is -2.22. The number of nitrogens with two attached hydrogens (primary N) is 2. The summed E-state index contributed by atoms with van der Waals surface area (Å²) in [7, 11) is 0. The highest BCUT2D eigenvalue weighted by atomic mass is 32.2. The predicted molar refractivity (Wildman–Crippen MR) is 122 cm³/mol. The topological polar surface area (TPSA) is 101 Å². The summed E-state index contributed by atoms with van der Waals surface area (Å²) in [6.07, 6.45) is 0. The van der Waals surface area contributed by atoms with Crippen molar-refractivity contribution in [2.75, 3.05) is 29.5 Å². The van der Waals surface area contributed by atoms with E-state index in [9.17, 15) is 9.65 Å². The maximum Gasteiger partial charge on any atom is 0.228 e. The number of hydrogen-bond acceptors (Lipinski definition) is 7. The molecule has 0 aliphatic carbocycles. The van der Waals surface area contributed by atoms with Crippen molar-refractivity contribution in [1.29, 1.82) is 5.26 Å². The second-order valence-electron chi connectivity index (χ2n) is 7.06. The third-order valence-corrected chi connectivity index (χ3v) is 6.59. The molecule has 2 heterocycles. The molecule has 2 aromatic carbocycles. The second-order valence-corrected chi connectivity index (χ2v) is 8.24. The third kappa shape index (κ3) is 3.73. The first-order valence-corrected chi connectivity index (χ1v) is 10.8. The largest absolute Gasteiger partial charge is 0.438 e. The molecule has 1 aliphatic heterocycles. The van der Waals surface area contributed by atoms with Gasteiger partial charge in [0.05, 0.1) is 16.5 Å². The van der Waals surface area contributed by atoms with E-state index in [0.29, 0.717) is 11.3 Å².